The Labute approximate surface area is 103 Å². The molecule has 0 amide bonds. The molecule has 1 aliphatic heterocycles. The third-order valence-electron chi connectivity index (χ3n) is 2.81. The molecule has 4 heteroatoms. The second kappa shape index (κ2) is 4.66. The van der Waals surface area contributed by atoms with Gasteiger partial charge in [0.05, 0.1) is 5.69 Å². The van der Waals surface area contributed by atoms with Gasteiger partial charge in [0.15, 0.2) is 0 Å². The molecule has 15 heavy (non-hydrogen) atoms. The summed E-state index contributed by atoms with van der Waals surface area (Å²) in [7, 11) is 2.16. The van der Waals surface area contributed by atoms with Crippen molar-refractivity contribution in [3.05, 3.63) is 22.7 Å². The molecule has 82 valence electrons. The first-order chi connectivity index (χ1) is 7.18. The van der Waals surface area contributed by atoms with Gasteiger partial charge in [0.25, 0.3) is 0 Å². The maximum atomic E-state index is 5.73. The van der Waals surface area contributed by atoms with Gasteiger partial charge in [0.1, 0.15) is 0 Å². The van der Waals surface area contributed by atoms with Crippen molar-refractivity contribution < 1.29 is 0 Å². The van der Waals surface area contributed by atoms with Crippen molar-refractivity contribution >= 4 is 39.1 Å². The highest BCUT2D eigenvalue weighted by Gasteiger charge is 2.21. The molecule has 0 bridgehead atoms. The molecule has 0 aromatic heterocycles. The van der Waals surface area contributed by atoms with Crippen LogP contribution in [0.5, 0.6) is 0 Å². The fourth-order valence-corrected chi connectivity index (χ4v) is 3.78. The van der Waals surface area contributed by atoms with Gasteiger partial charge in [0, 0.05) is 29.0 Å². The maximum Gasteiger partial charge on any atom is 0.0512 e. The first kappa shape index (κ1) is 11.1. The van der Waals surface area contributed by atoms with Crippen molar-refractivity contribution in [1.29, 1.82) is 0 Å². The number of hydrogen-bond acceptors (Lipinski definition) is 3. The monoisotopic (exact) mass is 286 g/mol. The maximum absolute atomic E-state index is 5.73. The Balaban J connectivity index is 2.20. The van der Waals surface area contributed by atoms with Gasteiger partial charge in [-0.15, -0.1) is 0 Å². The topological polar surface area (TPSA) is 29.3 Å². The Morgan fingerprint density at radius 1 is 1.53 bits per heavy atom. The number of hydrogen-bond donors (Lipinski definition) is 1. The molecular formula is C11H15BrN2S. The van der Waals surface area contributed by atoms with Crippen molar-refractivity contribution in [1.82, 2.24) is 0 Å². The van der Waals surface area contributed by atoms with Crippen LogP contribution in [0.4, 0.5) is 11.4 Å². The molecule has 1 atom stereocenters. The van der Waals surface area contributed by atoms with Gasteiger partial charge in [-0.1, -0.05) is 0 Å². The van der Waals surface area contributed by atoms with Crippen LogP contribution in [0.2, 0.25) is 0 Å². The highest BCUT2D eigenvalue weighted by Crippen LogP contribution is 2.32. The minimum Gasteiger partial charge on any atom is -0.399 e. The third-order valence-corrected chi connectivity index (χ3v) is 4.59. The minimum atomic E-state index is 0.662. The van der Waals surface area contributed by atoms with Crippen molar-refractivity contribution in [2.75, 3.05) is 29.2 Å². The summed E-state index contributed by atoms with van der Waals surface area (Å²) in [6, 6.07) is 6.67. The van der Waals surface area contributed by atoms with E-state index in [9.17, 15) is 0 Å². The molecule has 2 N–H and O–H groups in total. The summed E-state index contributed by atoms with van der Waals surface area (Å²) in [5.41, 5.74) is 7.77. The van der Waals surface area contributed by atoms with E-state index in [1.54, 1.807) is 0 Å². The lowest BCUT2D eigenvalue weighted by atomic mass is 10.2. The van der Waals surface area contributed by atoms with E-state index in [4.69, 9.17) is 5.73 Å². The molecule has 1 aromatic carbocycles. The lowest BCUT2D eigenvalue weighted by Gasteiger charge is -2.27. The summed E-state index contributed by atoms with van der Waals surface area (Å²) in [6.07, 6.45) is 1.28. The van der Waals surface area contributed by atoms with Gasteiger partial charge in [-0.25, -0.2) is 0 Å². The van der Waals surface area contributed by atoms with Crippen molar-refractivity contribution in [3.63, 3.8) is 0 Å². The zero-order valence-electron chi connectivity index (χ0n) is 8.74. The number of halogens is 1. The van der Waals surface area contributed by atoms with Crippen LogP contribution in [0.25, 0.3) is 0 Å². The molecule has 2 nitrogen and oxygen atoms in total. The molecular weight excluding hydrogens is 272 g/mol. The van der Waals surface area contributed by atoms with E-state index in [-0.39, 0.29) is 0 Å². The summed E-state index contributed by atoms with van der Waals surface area (Å²) in [5, 5.41) is 0. The number of nitrogen functional groups attached to an aromatic ring is 1. The second-order valence-electron chi connectivity index (χ2n) is 3.84. The zero-order valence-corrected chi connectivity index (χ0v) is 11.1. The van der Waals surface area contributed by atoms with E-state index >= 15 is 0 Å². The van der Waals surface area contributed by atoms with Crippen LogP contribution in [0.15, 0.2) is 22.7 Å². The molecule has 1 saturated heterocycles. The van der Waals surface area contributed by atoms with Gasteiger partial charge in [-0.2, -0.15) is 11.8 Å². The standard InChI is InChI=1S/C11H15BrN2S/c1-14(9-4-5-15-7-9)11-3-2-8(13)6-10(11)12/h2-3,6,9H,4-5,7,13H2,1H3. The molecule has 0 radical (unpaired) electrons. The molecule has 0 spiro atoms. The van der Waals surface area contributed by atoms with Crippen molar-refractivity contribution in [2.45, 2.75) is 12.5 Å². The number of rotatable bonds is 2. The average Bonchev–Trinajstić information content (AvgIpc) is 2.69. The van der Waals surface area contributed by atoms with Crippen LogP contribution in [-0.4, -0.2) is 24.6 Å². The highest BCUT2D eigenvalue weighted by atomic mass is 79.9. The van der Waals surface area contributed by atoms with Gasteiger partial charge < -0.3 is 10.6 Å². The van der Waals surface area contributed by atoms with Crippen LogP contribution >= 0.6 is 27.7 Å². The molecule has 1 aromatic rings. The molecule has 1 fully saturated rings. The van der Waals surface area contributed by atoms with Crippen LogP contribution in [0, 0.1) is 0 Å². The zero-order chi connectivity index (χ0) is 10.8. The summed E-state index contributed by atoms with van der Waals surface area (Å²) >= 11 is 5.60. The van der Waals surface area contributed by atoms with Gasteiger partial charge in [0.2, 0.25) is 0 Å². The van der Waals surface area contributed by atoms with E-state index in [1.807, 2.05) is 23.9 Å². The lowest BCUT2D eigenvalue weighted by Crippen LogP contribution is -2.31. The van der Waals surface area contributed by atoms with Gasteiger partial charge in [-0.05, 0) is 46.3 Å². The fraction of sp³-hybridized carbons (Fsp3) is 0.455. The van der Waals surface area contributed by atoms with Crippen molar-refractivity contribution in [3.8, 4) is 0 Å². The molecule has 2 rings (SSSR count). The number of anilines is 2. The number of benzene rings is 1. The summed E-state index contributed by atoms with van der Waals surface area (Å²) in [4.78, 5) is 2.35. The predicted octanol–water partition coefficient (Wildman–Crippen LogP) is 2.97. The Bertz CT molecular complexity index is 350. The lowest BCUT2D eigenvalue weighted by molar-refractivity contribution is 0.699. The SMILES string of the molecule is CN(c1ccc(N)cc1Br)C1CCSC1. The molecule has 0 aliphatic carbocycles. The molecule has 1 unspecified atom stereocenters. The van der Waals surface area contributed by atoms with Crippen molar-refractivity contribution in [2.24, 2.45) is 0 Å². The van der Waals surface area contributed by atoms with Gasteiger partial charge in [-0.3, -0.25) is 0 Å². The number of nitrogens with zero attached hydrogens (tertiary/aromatic N) is 1. The molecule has 1 aliphatic rings. The van der Waals surface area contributed by atoms with E-state index < -0.39 is 0 Å². The van der Waals surface area contributed by atoms with Crippen LogP contribution in [-0.2, 0) is 0 Å². The predicted molar refractivity (Wildman–Crippen MR) is 72.7 cm³/mol. The number of nitrogens with two attached hydrogens (primary N) is 1. The smallest absolute Gasteiger partial charge is 0.0512 e. The van der Waals surface area contributed by atoms with Crippen LogP contribution in [0.3, 0.4) is 0 Å². The van der Waals surface area contributed by atoms with Crippen LogP contribution in [0.1, 0.15) is 6.42 Å². The van der Waals surface area contributed by atoms with E-state index in [0.29, 0.717) is 6.04 Å². The summed E-state index contributed by atoms with van der Waals surface area (Å²) in [5.74, 6) is 2.51. The van der Waals surface area contributed by atoms with E-state index in [1.165, 1.54) is 23.6 Å². The Morgan fingerprint density at radius 3 is 2.93 bits per heavy atom. The fourth-order valence-electron chi connectivity index (χ4n) is 1.83. The van der Waals surface area contributed by atoms with E-state index in [2.05, 4.69) is 33.9 Å². The Morgan fingerprint density at radius 2 is 2.33 bits per heavy atom. The largest absolute Gasteiger partial charge is 0.399 e. The van der Waals surface area contributed by atoms with Crippen LogP contribution < -0.4 is 10.6 Å². The second-order valence-corrected chi connectivity index (χ2v) is 5.84. The minimum absolute atomic E-state index is 0.662. The molecule has 1 heterocycles. The normalized spacial score (nSPS) is 20.5. The van der Waals surface area contributed by atoms with Gasteiger partial charge >= 0.3 is 0 Å². The van der Waals surface area contributed by atoms with E-state index in [0.717, 1.165) is 10.2 Å². The molecule has 0 saturated carbocycles. The first-order valence-electron chi connectivity index (χ1n) is 5.04. The average molecular weight is 287 g/mol. The quantitative estimate of drug-likeness (QED) is 0.848. The summed E-state index contributed by atoms with van der Waals surface area (Å²) < 4.78 is 1.09. The first-order valence-corrected chi connectivity index (χ1v) is 6.99. The number of thioether (sulfide) groups is 1. The Hall–Kier alpha value is -0.350. The summed E-state index contributed by atoms with van der Waals surface area (Å²) in [6.45, 7) is 0. The third kappa shape index (κ3) is 2.42. The highest BCUT2D eigenvalue weighted by molar-refractivity contribution is 9.10. The Kier molecular flexibility index (Phi) is 3.46.